The van der Waals surface area contributed by atoms with Crippen molar-refractivity contribution in [1.29, 1.82) is 0 Å². The number of carboxylic acid groups (broad SMARTS) is 1. The van der Waals surface area contributed by atoms with E-state index in [1.807, 2.05) is 18.2 Å². The standard InChI is InChI=1S/C15H16ClNO2/c1-8(15(18)19)9-2-4-11-12-7-10(16)3-5-13(12)17-14(11)6-9/h3,5,7-9,17H,2,4,6H2,1H3,(H,18,19). The predicted octanol–water partition coefficient (Wildman–Crippen LogP) is 3.65. The summed E-state index contributed by atoms with van der Waals surface area (Å²) >= 11 is 6.05. The minimum atomic E-state index is -0.701. The minimum absolute atomic E-state index is 0.216. The highest BCUT2D eigenvalue weighted by Gasteiger charge is 2.29. The van der Waals surface area contributed by atoms with Crippen LogP contribution >= 0.6 is 11.6 Å². The minimum Gasteiger partial charge on any atom is -0.481 e. The summed E-state index contributed by atoms with van der Waals surface area (Å²) in [5.41, 5.74) is 3.59. The molecule has 3 rings (SSSR count). The number of carboxylic acids is 1. The van der Waals surface area contributed by atoms with Crippen LogP contribution in [0.3, 0.4) is 0 Å². The van der Waals surface area contributed by atoms with Gasteiger partial charge in [-0.1, -0.05) is 18.5 Å². The SMILES string of the molecule is CC(C(=O)O)C1CCc2c([nH]c3ccc(Cl)cc23)C1. The van der Waals surface area contributed by atoms with Gasteiger partial charge >= 0.3 is 5.97 Å². The lowest BCUT2D eigenvalue weighted by Crippen LogP contribution is -2.26. The van der Waals surface area contributed by atoms with Crippen LogP contribution in [0.5, 0.6) is 0 Å². The predicted molar refractivity (Wildman–Crippen MR) is 75.6 cm³/mol. The third-order valence-electron chi connectivity index (χ3n) is 4.28. The van der Waals surface area contributed by atoms with Crippen molar-refractivity contribution in [2.45, 2.75) is 26.2 Å². The number of aromatic amines is 1. The summed E-state index contributed by atoms with van der Waals surface area (Å²) in [6.07, 6.45) is 2.67. The Kier molecular flexibility index (Phi) is 3.02. The number of fused-ring (bicyclic) bond motifs is 3. The molecule has 0 saturated carbocycles. The Morgan fingerprint density at radius 2 is 2.32 bits per heavy atom. The smallest absolute Gasteiger partial charge is 0.306 e. The second-order valence-corrected chi connectivity index (χ2v) is 5.84. The van der Waals surface area contributed by atoms with E-state index in [2.05, 4.69) is 4.98 Å². The summed E-state index contributed by atoms with van der Waals surface area (Å²) in [6.45, 7) is 1.80. The van der Waals surface area contributed by atoms with Crippen molar-refractivity contribution in [3.8, 4) is 0 Å². The number of H-pyrrole nitrogens is 1. The van der Waals surface area contributed by atoms with E-state index in [4.69, 9.17) is 16.7 Å². The van der Waals surface area contributed by atoms with Crippen LogP contribution in [0.2, 0.25) is 5.02 Å². The summed E-state index contributed by atoms with van der Waals surface area (Å²) in [7, 11) is 0. The highest BCUT2D eigenvalue weighted by Crippen LogP contribution is 2.35. The molecule has 1 aliphatic rings. The molecule has 1 aliphatic carbocycles. The van der Waals surface area contributed by atoms with Crippen molar-refractivity contribution in [3.63, 3.8) is 0 Å². The monoisotopic (exact) mass is 277 g/mol. The largest absolute Gasteiger partial charge is 0.481 e. The molecule has 0 radical (unpaired) electrons. The first-order valence-corrected chi connectivity index (χ1v) is 6.96. The number of aryl methyl sites for hydroxylation is 1. The van der Waals surface area contributed by atoms with Crippen LogP contribution in [0.1, 0.15) is 24.6 Å². The van der Waals surface area contributed by atoms with E-state index in [-0.39, 0.29) is 11.8 Å². The zero-order chi connectivity index (χ0) is 13.6. The zero-order valence-corrected chi connectivity index (χ0v) is 11.5. The van der Waals surface area contributed by atoms with Crippen molar-refractivity contribution in [2.75, 3.05) is 0 Å². The zero-order valence-electron chi connectivity index (χ0n) is 10.7. The molecule has 2 N–H and O–H groups in total. The molecule has 0 spiro atoms. The maximum absolute atomic E-state index is 11.1. The fourth-order valence-corrected chi connectivity index (χ4v) is 3.23. The molecule has 19 heavy (non-hydrogen) atoms. The molecule has 0 amide bonds. The Hall–Kier alpha value is -1.48. The summed E-state index contributed by atoms with van der Waals surface area (Å²) in [6, 6.07) is 5.86. The van der Waals surface area contributed by atoms with Crippen molar-refractivity contribution >= 4 is 28.5 Å². The van der Waals surface area contributed by atoms with Gasteiger partial charge in [-0.15, -0.1) is 0 Å². The number of hydrogen-bond acceptors (Lipinski definition) is 1. The Morgan fingerprint density at radius 1 is 1.53 bits per heavy atom. The normalized spacial score (nSPS) is 20.2. The van der Waals surface area contributed by atoms with E-state index in [1.54, 1.807) is 6.92 Å². The quantitative estimate of drug-likeness (QED) is 0.880. The van der Waals surface area contributed by atoms with Crippen LogP contribution in [0.4, 0.5) is 0 Å². The number of aliphatic carboxylic acids is 1. The number of halogens is 1. The summed E-state index contributed by atoms with van der Waals surface area (Å²) in [5.74, 6) is -0.774. The van der Waals surface area contributed by atoms with Crippen LogP contribution in [-0.4, -0.2) is 16.1 Å². The van der Waals surface area contributed by atoms with Gasteiger partial charge in [-0.3, -0.25) is 4.79 Å². The average Bonchev–Trinajstić information content (AvgIpc) is 2.74. The first-order valence-electron chi connectivity index (χ1n) is 6.58. The van der Waals surface area contributed by atoms with Crippen molar-refractivity contribution in [1.82, 2.24) is 4.98 Å². The number of carbonyl (C=O) groups is 1. The molecule has 0 aliphatic heterocycles. The molecule has 3 nitrogen and oxygen atoms in total. The Labute approximate surface area is 116 Å². The maximum atomic E-state index is 11.1. The molecule has 1 aromatic carbocycles. The van der Waals surface area contributed by atoms with Gasteiger partial charge in [0.15, 0.2) is 0 Å². The van der Waals surface area contributed by atoms with Crippen molar-refractivity contribution in [2.24, 2.45) is 11.8 Å². The van der Waals surface area contributed by atoms with E-state index in [0.29, 0.717) is 0 Å². The second kappa shape index (κ2) is 4.57. The van der Waals surface area contributed by atoms with Crippen LogP contribution in [0.25, 0.3) is 10.9 Å². The molecule has 100 valence electrons. The van der Waals surface area contributed by atoms with Gasteiger partial charge in [-0.25, -0.2) is 0 Å². The molecule has 2 atom stereocenters. The van der Waals surface area contributed by atoms with Crippen molar-refractivity contribution < 1.29 is 9.90 Å². The van der Waals surface area contributed by atoms with Gasteiger partial charge in [0.25, 0.3) is 0 Å². The molecule has 1 aromatic heterocycles. The van der Waals surface area contributed by atoms with Gasteiger partial charge < -0.3 is 10.1 Å². The van der Waals surface area contributed by atoms with Gasteiger partial charge in [-0.2, -0.15) is 0 Å². The third-order valence-corrected chi connectivity index (χ3v) is 4.52. The fraction of sp³-hybridized carbons (Fsp3) is 0.400. The van der Waals surface area contributed by atoms with Crippen LogP contribution in [-0.2, 0) is 17.6 Å². The Morgan fingerprint density at radius 3 is 3.05 bits per heavy atom. The number of hydrogen-bond donors (Lipinski definition) is 2. The van der Waals surface area contributed by atoms with Gasteiger partial charge in [-0.05, 0) is 48.9 Å². The number of rotatable bonds is 2. The van der Waals surface area contributed by atoms with Gasteiger partial charge in [0.05, 0.1) is 5.92 Å². The topological polar surface area (TPSA) is 53.1 Å². The Bertz CT molecular complexity index is 647. The molecule has 0 bridgehead atoms. The lowest BCUT2D eigenvalue weighted by atomic mass is 9.80. The molecule has 0 fully saturated rings. The summed E-state index contributed by atoms with van der Waals surface area (Å²) in [5, 5.41) is 11.1. The highest BCUT2D eigenvalue weighted by molar-refractivity contribution is 6.31. The molecule has 2 aromatic rings. The first-order chi connectivity index (χ1) is 9.06. The molecule has 0 saturated heterocycles. The van der Waals surface area contributed by atoms with Gasteiger partial charge in [0.1, 0.15) is 0 Å². The third kappa shape index (κ3) is 2.12. The molecular weight excluding hydrogens is 262 g/mol. The van der Waals surface area contributed by atoms with Gasteiger partial charge in [0, 0.05) is 21.6 Å². The number of aromatic nitrogens is 1. The van der Waals surface area contributed by atoms with Crippen LogP contribution in [0, 0.1) is 11.8 Å². The van der Waals surface area contributed by atoms with E-state index in [1.165, 1.54) is 16.6 Å². The van der Waals surface area contributed by atoms with Crippen LogP contribution < -0.4 is 0 Å². The molecule has 1 heterocycles. The number of benzene rings is 1. The van der Waals surface area contributed by atoms with Crippen molar-refractivity contribution in [3.05, 3.63) is 34.5 Å². The van der Waals surface area contributed by atoms with E-state index in [9.17, 15) is 4.79 Å². The molecule has 2 unspecified atom stereocenters. The molecule has 4 heteroatoms. The molecular formula is C15H16ClNO2. The lowest BCUT2D eigenvalue weighted by Gasteiger charge is -2.25. The lowest BCUT2D eigenvalue weighted by molar-refractivity contribution is -0.143. The summed E-state index contributed by atoms with van der Waals surface area (Å²) in [4.78, 5) is 14.5. The fourth-order valence-electron chi connectivity index (χ4n) is 3.06. The number of nitrogens with one attached hydrogen (secondary N) is 1. The highest BCUT2D eigenvalue weighted by atomic mass is 35.5. The maximum Gasteiger partial charge on any atom is 0.306 e. The van der Waals surface area contributed by atoms with Gasteiger partial charge in [0.2, 0.25) is 0 Å². The van der Waals surface area contributed by atoms with E-state index in [0.717, 1.165) is 29.8 Å². The van der Waals surface area contributed by atoms with E-state index < -0.39 is 5.97 Å². The summed E-state index contributed by atoms with van der Waals surface area (Å²) < 4.78 is 0. The van der Waals surface area contributed by atoms with E-state index >= 15 is 0 Å². The first kappa shape index (κ1) is 12.5. The second-order valence-electron chi connectivity index (χ2n) is 5.40. The van der Waals surface area contributed by atoms with Crippen LogP contribution in [0.15, 0.2) is 18.2 Å². The Balaban J connectivity index is 1.98. The average molecular weight is 278 g/mol.